The van der Waals surface area contributed by atoms with Gasteiger partial charge < -0.3 is 10.6 Å². The first kappa shape index (κ1) is 17.7. The van der Waals surface area contributed by atoms with Crippen LogP contribution in [0.4, 0.5) is 16.6 Å². The minimum absolute atomic E-state index is 0.231. The second-order valence-corrected chi connectivity index (χ2v) is 7.76. The van der Waals surface area contributed by atoms with Gasteiger partial charge in [-0.2, -0.15) is 10.2 Å². The van der Waals surface area contributed by atoms with Gasteiger partial charge in [0.05, 0.1) is 23.6 Å². The smallest absolute Gasteiger partial charge is 0.267 e. The number of anilines is 3. The molecule has 27 heavy (non-hydrogen) atoms. The molecule has 4 rings (SSSR count). The summed E-state index contributed by atoms with van der Waals surface area (Å²) < 4.78 is 2.63. The number of aromatic amines is 1. The van der Waals surface area contributed by atoms with Gasteiger partial charge in [-0.25, -0.2) is 4.98 Å². The van der Waals surface area contributed by atoms with E-state index >= 15 is 0 Å². The summed E-state index contributed by atoms with van der Waals surface area (Å²) in [4.78, 5) is 17.5. The van der Waals surface area contributed by atoms with Crippen LogP contribution in [0.3, 0.4) is 0 Å². The van der Waals surface area contributed by atoms with Gasteiger partial charge in [-0.05, 0) is 41.9 Å². The third-order valence-corrected chi connectivity index (χ3v) is 5.61. The Labute approximate surface area is 167 Å². The van der Waals surface area contributed by atoms with E-state index < -0.39 is 0 Å². The number of benzene rings is 1. The molecular formula is C17H16BrN7OS. The normalized spacial score (nSPS) is 11.1. The van der Waals surface area contributed by atoms with Crippen molar-refractivity contribution >= 4 is 60.7 Å². The number of amides is 1. The highest BCUT2D eigenvalue weighted by atomic mass is 79.9. The molecule has 0 unspecified atom stereocenters. The molecule has 3 N–H and O–H groups in total. The number of aryl methyl sites for hydroxylation is 2. The van der Waals surface area contributed by atoms with Crippen LogP contribution in [0.2, 0.25) is 0 Å². The molecule has 4 aromatic rings. The van der Waals surface area contributed by atoms with Crippen molar-refractivity contribution in [2.75, 3.05) is 10.6 Å². The number of hydrogen-bond acceptors (Lipinski definition) is 6. The number of nitrogens with one attached hydrogen (secondary N) is 3. The number of aromatic nitrogens is 5. The summed E-state index contributed by atoms with van der Waals surface area (Å²) in [5, 5.41) is 18.9. The molecule has 0 saturated heterocycles. The summed E-state index contributed by atoms with van der Waals surface area (Å²) in [5.74, 6) is 0.509. The highest BCUT2D eigenvalue weighted by Crippen LogP contribution is 2.31. The summed E-state index contributed by atoms with van der Waals surface area (Å²) in [6.45, 7) is 4.80. The zero-order chi connectivity index (χ0) is 19.0. The number of rotatable bonds is 5. The number of thiazole rings is 1. The van der Waals surface area contributed by atoms with E-state index in [-0.39, 0.29) is 5.91 Å². The third kappa shape index (κ3) is 3.45. The van der Waals surface area contributed by atoms with Crippen LogP contribution in [-0.4, -0.2) is 30.9 Å². The van der Waals surface area contributed by atoms with E-state index in [2.05, 4.69) is 46.8 Å². The van der Waals surface area contributed by atoms with Crippen molar-refractivity contribution in [1.82, 2.24) is 25.0 Å². The Hall–Kier alpha value is -2.72. The first-order valence-electron chi connectivity index (χ1n) is 8.25. The number of H-pyrrole nitrogens is 1. The Morgan fingerprint density at radius 1 is 1.37 bits per heavy atom. The Balaban J connectivity index is 1.54. The lowest BCUT2D eigenvalue weighted by molar-refractivity contribution is 0.103. The molecule has 1 aromatic carbocycles. The molecule has 0 aliphatic rings. The molecule has 0 aliphatic heterocycles. The fraction of sp³-hybridized carbons (Fsp3) is 0.176. The fourth-order valence-corrected chi connectivity index (χ4v) is 3.79. The summed E-state index contributed by atoms with van der Waals surface area (Å²) in [5.41, 5.74) is 2.54. The molecule has 3 heterocycles. The number of carbonyl (C=O) groups excluding carboxylic acids is 1. The minimum atomic E-state index is -0.231. The summed E-state index contributed by atoms with van der Waals surface area (Å²) >= 11 is 4.75. The molecule has 0 aliphatic carbocycles. The lowest BCUT2D eigenvalue weighted by atomic mass is 10.2. The number of fused-ring (bicyclic) bond motifs is 1. The van der Waals surface area contributed by atoms with Crippen LogP contribution in [0.5, 0.6) is 0 Å². The molecule has 0 atom stereocenters. The SMILES string of the molecule is CCn1cc(C)c(Nc2ncc(C(=O)Nc3c(Br)ccc4[nH]ncc34)s2)n1. The van der Waals surface area contributed by atoms with E-state index in [0.717, 1.165) is 33.3 Å². The number of carbonyl (C=O) groups is 1. The molecule has 8 nitrogen and oxygen atoms in total. The molecule has 0 fully saturated rings. The average molecular weight is 446 g/mol. The number of nitrogens with zero attached hydrogens (tertiary/aromatic N) is 4. The van der Waals surface area contributed by atoms with Gasteiger partial charge in [0.2, 0.25) is 0 Å². The van der Waals surface area contributed by atoms with Crippen LogP contribution in [0.1, 0.15) is 22.2 Å². The maximum atomic E-state index is 12.7. The largest absolute Gasteiger partial charge is 0.320 e. The topological polar surface area (TPSA) is 101 Å². The van der Waals surface area contributed by atoms with Crippen molar-refractivity contribution in [3.8, 4) is 0 Å². The van der Waals surface area contributed by atoms with Gasteiger partial charge in [0.25, 0.3) is 5.91 Å². The monoisotopic (exact) mass is 445 g/mol. The van der Waals surface area contributed by atoms with Gasteiger partial charge in [0.15, 0.2) is 10.9 Å². The highest BCUT2D eigenvalue weighted by molar-refractivity contribution is 9.10. The maximum Gasteiger partial charge on any atom is 0.267 e. The number of halogens is 1. The standard InChI is InChI=1S/C17H16BrN7OS/c1-3-25-8-9(2)15(24-25)22-17-19-7-13(27-17)16(26)21-14-10-6-20-23-12(10)5-4-11(14)18/h4-8H,3H2,1-2H3,(H,20,23)(H,21,26)(H,19,22,24). The van der Waals surface area contributed by atoms with Gasteiger partial charge in [-0.3, -0.25) is 14.6 Å². The Bertz CT molecular complexity index is 1130. The lowest BCUT2D eigenvalue weighted by Crippen LogP contribution is -2.10. The van der Waals surface area contributed by atoms with Crippen LogP contribution >= 0.6 is 27.3 Å². The van der Waals surface area contributed by atoms with Crippen LogP contribution < -0.4 is 10.6 Å². The highest BCUT2D eigenvalue weighted by Gasteiger charge is 2.16. The molecule has 138 valence electrons. The van der Waals surface area contributed by atoms with Crippen LogP contribution in [-0.2, 0) is 6.54 Å². The van der Waals surface area contributed by atoms with Crippen LogP contribution in [0.15, 0.2) is 35.2 Å². The Morgan fingerprint density at radius 2 is 2.22 bits per heavy atom. The molecule has 0 saturated carbocycles. The first-order chi connectivity index (χ1) is 13.0. The van der Waals surface area contributed by atoms with E-state index in [1.54, 1.807) is 12.4 Å². The predicted molar refractivity (Wildman–Crippen MR) is 110 cm³/mol. The molecular weight excluding hydrogens is 430 g/mol. The quantitative estimate of drug-likeness (QED) is 0.424. The van der Waals surface area contributed by atoms with E-state index in [4.69, 9.17) is 0 Å². The van der Waals surface area contributed by atoms with Gasteiger partial charge >= 0.3 is 0 Å². The van der Waals surface area contributed by atoms with Crippen molar-refractivity contribution < 1.29 is 4.79 Å². The molecule has 0 spiro atoms. The van der Waals surface area contributed by atoms with E-state index in [9.17, 15) is 4.79 Å². The first-order valence-corrected chi connectivity index (χ1v) is 9.86. The molecule has 10 heteroatoms. The Kier molecular flexibility index (Phi) is 4.66. The number of hydrogen-bond donors (Lipinski definition) is 3. The molecule has 3 aromatic heterocycles. The van der Waals surface area contributed by atoms with Crippen LogP contribution in [0.25, 0.3) is 10.9 Å². The molecule has 0 radical (unpaired) electrons. The van der Waals surface area contributed by atoms with Gasteiger partial charge in [0, 0.05) is 28.2 Å². The van der Waals surface area contributed by atoms with E-state index in [1.807, 2.05) is 36.9 Å². The average Bonchev–Trinajstić information content (AvgIpc) is 3.38. The summed E-state index contributed by atoms with van der Waals surface area (Å²) in [6, 6.07) is 3.76. The van der Waals surface area contributed by atoms with Gasteiger partial charge in [-0.1, -0.05) is 11.3 Å². The summed E-state index contributed by atoms with van der Waals surface area (Å²) in [7, 11) is 0. The zero-order valence-corrected chi connectivity index (χ0v) is 17.0. The van der Waals surface area contributed by atoms with E-state index in [0.29, 0.717) is 15.7 Å². The van der Waals surface area contributed by atoms with E-state index in [1.165, 1.54) is 11.3 Å². The third-order valence-electron chi connectivity index (χ3n) is 4.04. The fourth-order valence-electron chi connectivity index (χ4n) is 2.64. The van der Waals surface area contributed by atoms with Crippen molar-refractivity contribution in [3.05, 3.63) is 45.6 Å². The Morgan fingerprint density at radius 3 is 3.00 bits per heavy atom. The lowest BCUT2D eigenvalue weighted by Gasteiger charge is -2.07. The second-order valence-electron chi connectivity index (χ2n) is 5.88. The second kappa shape index (κ2) is 7.12. The van der Waals surface area contributed by atoms with Crippen molar-refractivity contribution in [2.45, 2.75) is 20.4 Å². The van der Waals surface area contributed by atoms with Crippen LogP contribution in [0, 0.1) is 6.92 Å². The van der Waals surface area contributed by atoms with Gasteiger partial charge in [-0.15, -0.1) is 0 Å². The summed E-state index contributed by atoms with van der Waals surface area (Å²) in [6.07, 6.45) is 5.20. The predicted octanol–water partition coefficient (Wildman–Crippen LogP) is 4.30. The minimum Gasteiger partial charge on any atom is -0.320 e. The maximum absolute atomic E-state index is 12.7. The van der Waals surface area contributed by atoms with Crippen molar-refractivity contribution in [3.63, 3.8) is 0 Å². The van der Waals surface area contributed by atoms with Crippen molar-refractivity contribution in [1.29, 1.82) is 0 Å². The van der Waals surface area contributed by atoms with Gasteiger partial charge in [0.1, 0.15) is 4.88 Å². The molecule has 1 amide bonds. The molecule has 0 bridgehead atoms. The zero-order valence-electron chi connectivity index (χ0n) is 14.6. The van der Waals surface area contributed by atoms with Crippen molar-refractivity contribution in [2.24, 2.45) is 0 Å².